The van der Waals surface area contributed by atoms with E-state index >= 15 is 0 Å². The van der Waals surface area contributed by atoms with Gasteiger partial charge >= 0.3 is 0 Å². The van der Waals surface area contributed by atoms with E-state index in [2.05, 4.69) is 29.6 Å². The second kappa shape index (κ2) is 3.92. The van der Waals surface area contributed by atoms with Crippen LogP contribution in [-0.4, -0.2) is 6.61 Å². The van der Waals surface area contributed by atoms with Gasteiger partial charge in [-0.15, -0.1) is 11.3 Å². The largest absolute Gasteiger partial charge is 0.493 e. The molecule has 0 saturated carbocycles. The molecule has 0 atom stereocenters. The molecule has 2 nitrogen and oxygen atoms in total. The summed E-state index contributed by atoms with van der Waals surface area (Å²) in [5.74, 6) is 1.02. The van der Waals surface area contributed by atoms with E-state index in [1.807, 2.05) is 0 Å². The smallest absolute Gasteiger partial charge is 0.127 e. The van der Waals surface area contributed by atoms with Crippen molar-refractivity contribution >= 4 is 11.3 Å². The predicted molar refractivity (Wildman–Crippen MR) is 66.8 cm³/mol. The first-order valence-electron chi connectivity index (χ1n) is 5.41. The second-order valence-electron chi connectivity index (χ2n) is 3.90. The van der Waals surface area contributed by atoms with Gasteiger partial charge in [0, 0.05) is 23.4 Å². The van der Waals surface area contributed by atoms with E-state index < -0.39 is 0 Å². The molecule has 2 N–H and O–H groups in total. The number of benzene rings is 1. The summed E-state index contributed by atoms with van der Waals surface area (Å²) < 4.78 is 5.62. The zero-order valence-corrected chi connectivity index (χ0v) is 9.72. The summed E-state index contributed by atoms with van der Waals surface area (Å²) in [7, 11) is 0. The molecule has 1 aliphatic heterocycles. The number of fused-ring (bicyclic) bond motifs is 1. The van der Waals surface area contributed by atoms with Gasteiger partial charge in [-0.1, -0.05) is 6.07 Å². The third-order valence-corrected chi connectivity index (χ3v) is 3.81. The zero-order chi connectivity index (χ0) is 11.0. The van der Waals surface area contributed by atoms with Crippen molar-refractivity contribution < 1.29 is 4.74 Å². The van der Waals surface area contributed by atoms with Crippen molar-refractivity contribution in [1.29, 1.82) is 0 Å². The molecule has 0 fully saturated rings. The fraction of sp³-hybridized carbons (Fsp3) is 0.231. The van der Waals surface area contributed by atoms with Crippen LogP contribution in [0.25, 0.3) is 10.4 Å². The van der Waals surface area contributed by atoms with E-state index in [1.54, 1.807) is 11.3 Å². The Kier molecular flexibility index (Phi) is 2.42. The second-order valence-corrected chi connectivity index (χ2v) is 4.85. The molecule has 1 aromatic heterocycles. The lowest BCUT2D eigenvalue weighted by molar-refractivity contribution is 0.353. The summed E-state index contributed by atoms with van der Waals surface area (Å²) in [5.41, 5.74) is 9.45. The van der Waals surface area contributed by atoms with Crippen molar-refractivity contribution in [2.75, 3.05) is 6.61 Å². The number of hydrogen-bond donors (Lipinski definition) is 1. The molecular weight excluding hydrogens is 218 g/mol. The Morgan fingerprint density at radius 1 is 1.38 bits per heavy atom. The lowest BCUT2D eigenvalue weighted by atomic mass is 10.0. The first-order valence-corrected chi connectivity index (χ1v) is 6.29. The Morgan fingerprint density at radius 2 is 2.31 bits per heavy atom. The normalized spacial score (nSPS) is 13.6. The van der Waals surface area contributed by atoms with Crippen LogP contribution in [0.4, 0.5) is 0 Å². The van der Waals surface area contributed by atoms with Crippen molar-refractivity contribution in [2.24, 2.45) is 5.73 Å². The van der Waals surface area contributed by atoms with Gasteiger partial charge in [0.1, 0.15) is 5.75 Å². The molecule has 0 spiro atoms. The molecule has 3 rings (SSSR count). The van der Waals surface area contributed by atoms with Gasteiger partial charge in [-0.25, -0.2) is 0 Å². The molecule has 0 aliphatic carbocycles. The fourth-order valence-electron chi connectivity index (χ4n) is 2.13. The maximum atomic E-state index is 5.77. The van der Waals surface area contributed by atoms with Crippen molar-refractivity contribution in [3.05, 3.63) is 40.8 Å². The summed E-state index contributed by atoms with van der Waals surface area (Å²) in [6, 6.07) is 8.59. The lowest BCUT2D eigenvalue weighted by Gasteiger charge is -2.08. The van der Waals surface area contributed by atoms with E-state index in [1.165, 1.54) is 16.0 Å². The van der Waals surface area contributed by atoms with Gasteiger partial charge in [0.25, 0.3) is 0 Å². The molecule has 2 aromatic rings. The van der Waals surface area contributed by atoms with Gasteiger partial charge < -0.3 is 10.5 Å². The minimum atomic E-state index is 0.543. The van der Waals surface area contributed by atoms with Crippen LogP contribution in [0.2, 0.25) is 0 Å². The highest BCUT2D eigenvalue weighted by atomic mass is 32.1. The Balaban J connectivity index is 2.15. The first kappa shape index (κ1) is 9.87. The van der Waals surface area contributed by atoms with Crippen molar-refractivity contribution in [3.63, 3.8) is 0 Å². The van der Waals surface area contributed by atoms with E-state index in [9.17, 15) is 0 Å². The Labute approximate surface area is 98.7 Å². The summed E-state index contributed by atoms with van der Waals surface area (Å²) in [6.45, 7) is 1.33. The number of rotatable bonds is 2. The molecule has 0 bridgehead atoms. The Hall–Kier alpha value is -1.32. The SMILES string of the molecule is NCc1cc(-c2cccs2)cc2c1OCC2. The average Bonchev–Trinajstić information content (AvgIpc) is 2.97. The van der Waals surface area contributed by atoms with E-state index in [4.69, 9.17) is 10.5 Å². The molecule has 0 amide bonds. The van der Waals surface area contributed by atoms with E-state index in [0.717, 1.165) is 24.3 Å². The maximum Gasteiger partial charge on any atom is 0.127 e. The van der Waals surface area contributed by atoms with Gasteiger partial charge in [0.05, 0.1) is 6.61 Å². The monoisotopic (exact) mass is 231 g/mol. The minimum Gasteiger partial charge on any atom is -0.493 e. The molecule has 1 aliphatic rings. The van der Waals surface area contributed by atoms with Gasteiger partial charge in [-0.05, 0) is 34.7 Å². The van der Waals surface area contributed by atoms with Gasteiger partial charge in [-0.3, -0.25) is 0 Å². The predicted octanol–water partition coefficient (Wildman–Crippen LogP) is 2.81. The van der Waals surface area contributed by atoms with E-state index in [-0.39, 0.29) is 0 Å². The highest BCUT2D eigenvalue weighted by molar-refractivity contribution is 7.13. The van der Waals surface area contributed by atoms with Crippen LogP contribution in [0.3, 0.4) is 0 Å². The van der Waals surface area contributed by atoms with Crippen LogP contribution in [0.15, 0.2) is 29.6 Å². The Bertz CT molecular complexity index is 505. The van der Waals surface area contributed by atoms with Crippen LogP contribution in [0.1, 0.15) is 11.1 Å². The number of nitrogens with two attached hydrogens (primary N) is 1. The fourth-order valence-corrected chi connectivity index (χ4v) is 2.84. The summed E-state index contributed by atoms with van der Waals surface area (Å²) in [4.78, 5) is 1.30. The molecule has 82 valence electrons. The van der Waals surface area contributed by atoms with Crippen molar-refractivity contribution in [2.45, 2.75) is 13.0 Å². The minimum absolute atomic E-state index is 0.543. The third kappa shape index (κ3) is 1.52. The van der Waals surface area contributed by atoms with Crippen LogP contribution in [0, 0.1) is 0 Å². The standard InChI is InChI=1S/C13H13NOS/c14-8-11-7-10(12-2-1-5-16-12)6-9-3-4-15-13(9)11/h1-2,5-7H,3-4,8,14H2. The van der Waals surface area contributed by atoms with Gasteiger partial charge in [0.15, 0.2) is 0 Å². The summed E-state index contributed by atoms with van der Waals surface area (Å²) in [5, 5.41) is 2.10. The summed E-state index contributed by atoms with van der Waals surface area (Å²) >= 11 is 1.76. The summed E-state index contributed by atoms with van der Waals surface area (Å²) in [6.07, 6.45) is 1.00. The maximum absolute atomic E-state index is 5.77. The number of hydrogen-bond acceptors (Lipinski definition) is 3. The number of thiophene rings is 1. The van der Waals surface area contributed by atoms with E-state index in [0.29, 0.717) is 6.54 Å². The van der Waals surface area contributed by atoms with Crippen LogP contribution in [-0.2, 0) is 13.0 Å². The molecule has 0 radical (unpaired) electrons. The van der Waals surface area contributed by atoms with Crippen LogP contribution in [0.5, 0.6) is 5.75 Å². The Morgan fingerprint density at radius 3 is 3.06 bits per heavy atom. The van der Waals surface area contributed by atoms with Gasteiger partial charge in [0.2, 0.25) is 0 Å². The highest BCUT2D eigenvalue weighted by Crippen LogP contribution is 2.35. The molecule has 3 heteroatoms. The average molecular weight is 231 g/mol. The molecule has 0 saturated heterocycles. The first-order chi connectivity index (χ1) is 7.88. The van der Waals surface area contributed by atoms with Gasteiger partial charge in [-0.2, -0.15) is 0 Å². The molecular formula is C13H13NOS. The number of ether oxygens (including phenoxy) is 1. The third-order valence-electron chi connectivity index (χ3n) is 2.89. The molecule has 1 aromatic carbocycles. The molecule has 0 unspecified atom stereocenters. The van der Waals surface area contributed by atoms with Crippen molar-refractivity contribution in [1.82, 2.24) is 0 Å². The van der Waals surface area contributed by atoms with Crippen molar-refractivity contribution in [3.8, 4) is 16.2 Å². The topological polar surface area (TPSA) is 35.2 Å². The highest BCUT2D eigenvalue weighted by Gasteiger charge is 2.17. The molecule has 16 heavy (non-hydrogen) atoms. The zero-order valence-electron chi connectivity index (χ0n) is 8.90. The molecule has 2 heterocycles. The lowest BCUT2D eigenvalue weighted by Crippen LogP contribution is -1.99. The van der Waals surface area contributed by atoms with Crippen LogP contribution < -0.4 is 10.5 Å². The quantitative estimate of drug-likeness (QED) is 0.862. The van der Waals surface area contributed by atoms with Crippen LogP contribution >= 0.6 is 11.3 Å².